The van der Waals surface area contributed by atoms with Crippen LogP contribution in [0.4, 0.5) is 11.4 Å². The van der Waals surface area contributed by atoms with Crippen molar-refractivity contribution in [2.45, 2.75) is 13.5 Å². The molecule has 0 spiro atoms. The molecule has 0 atom stereocenters. The Hall–Kier alpha value is -1.32. The number of para-hydroxylation sites is 1. The van der Waals surface area contributed by atoms with E-state index in [1.807, 2.05) is 13.1 Å². The first-order valence-corrected chi connectivity index (χ1v) is 7.31. The van der Waals surface area contributed by atoms with Crippen molar-refractivity contribution >= 4 is 27.3 Å². The summed E-state index contributed by atoms with van der Waals surface area (Å²) in [6.07, 6.45) is 0. The number of anilines is 2. The Labute approximate surface area is 123 Å². The van der Waals surface area contributed by atoms with Crippen LogP contribution < -0.4 is 10.2 Å². The number of hydrogen-bond acceptors (Lipinski definition) is 2. The summed E-state index contributed by atoms with van der Waals surface area (Å²) in [6, 6.07) is 17.0. The van der Waals surface area contributed by atoms with Gasteiger partial charge in [0, 0.05) is 23.2 Å². The van der Waals surface area contributed by atoms with Gasteiger partial charge in [-0.25, -0.2) is 0 Å². The fourth-order valence-corrected chi connectivity index (χ4v) is 2.82. The molecule has 2 rings (SSSR count). The Morgan fingerprint density at radius 3 is 2.42 bits per heavy atom. The minimum absolute atomic E-state index is 0.885. The Bertz CT molecular complexity index is 526. The summed E-state index contributed by atoms with van der Waals surface area (Å²) in [5, 5.41) is 3.17. The van der Waals surface area contributed by atoms with Gasteiger partial charge in [0.25, 0.3) is 0 Å². The first kappa shape index (κ1) is 14.1. The summed E-state index contributed by atoms with van der Waals surface area (Å²) in [5.41, 5.74) is 3.70. The van der Waals surface area contributed by atoms with E-state index in [0.717, 1.165) is 17.6 Å². The van der Waals surface area contributed by atoms with Gasteiger partial charge in [0.2, 0.25) is 0 Å². The predicted molar refractivity (Wildman–Crippen MR) is 86.0 cm³/mol. The van der Waals surface area contributed by atoms with Crippen LogP contribution in [0.25, 0.3) is 0 Å². The molecule has 0 fully saturated rings. The lowest BCUT2D eigenvalue weighted by Gasteiger charge is -2.25. The Morgan fingerprint density at radius 1 is 1.11 bits per heavy atom. The highest BCUT2D eigenvalue weighted by Crippen LogP contribution is 2.32. The fraction of sp³-hybridized carbons (Fsp3) is 0.250. The van der Waals surface area contributed by atoms with Crippen molar-refractivity contribution in [2.24, 2.45) is 0 Å². The summed E-state index contributed by atoms with van der Waals surface area (Å²) in [7, 11) is 1.96. The van der Waals surface area contributed by atoms with Crippen LogP contribution in [0.1, 0.15) is 12.5 Å². The van der Waals surface area contributed by atoms with Gasteiger partial charge in [-0.15, -0.1) is 0 Å². The van der Waals surface area contributed by atoms with Gasteiger partial charge < -0.3 is 10.2 Å². The molecule has 2 aromatic rings. The molecule has 0 heterocycles. The third-order valence-corrected chi connectivity index (χ3v) is 3.70. The van der Waals surface area contributed by atoms with Crippen LogP contribution in [-0.2, 0) is 6.54 Å². The van der Waals surface area contributed by atoms with Crippen LogP contribution in [0.2, 0.25) is 0 Å². The number of nitrogens with one attached hydrogen (secondary N) is 1. The van der Waals surface area contributed by atoms with E-state index < -0.39 is 0 Å². The highest BCUT2D eigenvalue weighted by atomic mass is 79.9. The molecule has 2 nitrogen and oxygen atoms in total. The molecule has 0 amide bonds. The zero-order chi connectivity index (χ0) is 13.7. The third-order valence-electron chi connectivity index (χ3n) is 3.07. The van der Waals surface area contributed by atoms with Gasteiger partial charge in [0.1, 0.15) is 0 Å². The molecule has 0 saturated carbocycles. The second-order valence-corrected chi connectivity index (χ2v) is 5.25. The van der Waals surface area contributed by atoms with Crippen LogP contribution in [-0.4, -0.2) is 13.6 Å². The van der Waals surface area contributed by atoms with Crippen LogP contribution >= 0.6 is 15.9 Å². The lowest BCUT2D eigenvalue weighted by Crippen LogP contribution is -2.16. The highest BCUT2D eigenvalue weighted by molar-refractivity contribution is 9.10. The van der Waals surface area contributed by atoms with Crippen molar-refractivity contribution in [2.75, 3.05) is 18.5 Å². The molecule has 0 bridgehead atoms. The molecule has 0 aromatic heterocycles. The van der Waals surface area contributed by atoms with E-state index in [9.17, 15) is 0 Å². The van der Waals surface area contributed by atoms with Crippen LogP contribution in [0.15, 0.2) is 53.0 Å². The molecular weight excluding hydrogens is 300 g/mol. The van der Waals surface area contributed by atoms with Gasteiger partial charge in [0.05, 0.1) is 5.69 Å². The maximum atomic E-state index is 3.69. The smallest absolute Gasteiger partial charge is 0.0555 e. The number of nitrogens with zero attached hydrogens (tertiary/aromatic N) is 1. The Morgan fingerprint density at radius 2 is 1.84 bits per heavy atom. The third kappa shape index (κ3) is 3.37. The van der Waals surface area contributed by atoms with E-state index in [1.165, 1.54) is 16.9 Å². The van der Waals surface area contributed by atoms with Crippen molar-refractivity contribution in [3.63, 3.8) is 0 Å². The van der Waals surface area contributed by atoms with Crippen LogP contribution in [0.5, 0.6) is 0 Å². The second kappa shape index (κ2) is 6.73. The van der Waals surface area contributed by atoms with Gasteiger partial charge in [-0.1, -0.05) is 24.3 Å². The lowest BCUT2D eigenvalue weighted by molar-refractivity contribution is 0.817. The van der Waals surface area contributed by atoms with E-state index in [4.69, 9.17) is 0 Å². The zero-order valence-corrected chi connectivity index (χ0v) is 12.9. The van der Waals surface area contributed by atoms with Crippen molar-refractivity contribution in [1.29, 1.82) is 0 Å². The number of hydrogen-bond donors (Lipinski definition) is 1. The standard InChI is InChI=1S/C16H19BrN2/c1-3-19(14-7-5-4-6-8-14)16-10-9-13(12-18-2)11-15(16)17/h4-11,18H,3,12H2,1-2H3. The average Bonchev–Trinajstić information content (AvgIpc) is 2.43. The number of rotatable bonds is 5. The summed E-state index contributed by atoms with van der Waals surface area (Å²) in [5.74, 6) is 0. The quantitative estimate of drug-likeness (QED) is 0.882. The van der Waals surface area contributed by atoms with Crippen LogP contribution in [0, 0.1) is 0 Å². The maximum Gasteiger partial charge on any atom is 0.0555 e. The first-order chi connectivity index (χ1) is 9.26. The summed E-state index contributed by atoms with van der Waals surface area (Å²) in [4.78, 5) is 2.30. The molecule has 0 saturated heterocycles. The van der Waals surface area contributed by atoms with Crippen molar-refractivity contribution in [1.82, 2.24) is 5.32 Å². The monoisotopic (exact) mass is 318 g/mol. The molecule has 2 aromatic carbocycles. The van der Waals surface area contributed by atoms with E-state index in [-0.39, 0.29) is 0 Å². The van der Waals surface area contributed by atoms with Gasteiger partial charge in [-0.2, -0.15) is 0 Å². The first-order valence-electron chi connectivity index (χ1n) is 6.52. The lowest BCUT2D eigenvalue weighted by atomic mass is 10.1. The largest absolute Gasteiger partial charge is 0.341 e. The van der Waals surface area contributed by atoms with Crippen LogP contribution in [0.3, 0.4) is 0 Å². The highest BCUT2D eigenvalue weighted by Gasteiger charge is 2.10. The summed E-state index contributed by atoms with van der Waals surface area (Å²) >= 11 is 3.69. The van der Waals surface area contributed by atoms with Gasteiger partial charge in [0.15, 0.2) is 0 Å². The SMILES string of the molecule is CCN(c1ccccc1)c1ccc(CNC)cc1Br. The van der Waals surface area contributed by atoms with Gasteiger partial charge in [-0.05, 0) is 59.7 Å². The Balaban J connectivity index is 2.34. The molecule has 0 aliphatic carbocycles. The van der Waals surface area contributed by atoms with Crippen molar-refractivity contribution < 1.29 is 0 Å². The summed E-state index contributed by atoms with van der Waals surface area (Å²) < 4.78 is 1.13. The molecule has 3 heteroatoms. The predicted octanol–water partition coefficient (Wildman–Crippen LogP) is 4.33. The molecule has 0 aliphatic rings. The molecule has 0 aliphatic heterocycles. The maximum absolute atomic E-state index is 3.69. The molecule has 100 valence electrons. The van der Waals surface area contributed by atoms with E-state index in [2.05, 4.69) is 75.5 Å². The summed E-state index contributed by atoms with van der Waals surface area (Å²) in [6.45, 7) is 3.99. The second-order valence-electron chi connectivity index (χ2n) is 4.40. The molecule has 1 N–H and O–H groups in total. The fourth-order valence-electron chi connectivity index (χ4n) is 2.18. The van der Waals surface area contributed by atoms with Crippen molar-refractivity contribution in [3.8, 4) is 0 Å². The van der Waals surface area contributed by atoms with E-state index in [1.54, 1.807) is 0 Å². The molecule has 0 unspecified atom stereocenters. The van der Waals surface area contributed by atoms with Gasteiger partial charge >= 0.3 is 0 Å². The van der Waals surface area contributed by atoms with E-state index >= 15 is 0 Å². The molecule has 19 heavy (non-hydrogen) atoms. The normalized spacial score (nSPS) is 10.5. The minimum atomic E-state index is 0.885. The number of halogens is 1. The van der Waals surface area contributed by atoms with E-state index in [0.29, 0.717) is 0 Å². The zero-order valence-electron chi connectivity index (χ0n) is 11.4. The average molecular weight is 319 g/mol. The molecular formula is C16H19BrN2. The van der Waals surface area contributed by atoms with Crippen molar-refractivity contribution in [3.05, 3.63) is 58.6 Å². The topological polar surface area (TPSA) is 15.3 Å². The Kier molecular flexibility index (Phi) is 5.00. The number of benzene rings is 2. The molecule has 0 radical (unpaired) electrons. The van der Waals surface area contributed by atoms with Gasteiger partial charge in [-0.3, -0.25) is 0 Å². The minimum Gasteiger partial charge on any atom is -0.341 e.